The molecular weight excluding hydrogens is 532 g/mol. The first-order valence-electron chi connectivity index (χ1n) is 13.1. The topological polar surface area (TPSA) is 112 Å². The first-order chi connectivity index (χ1) is 17.6. The number of anilines is 2. The number of carbonyl (C=O) groups excluding carboxylic acids is 1. The van der Waals surface area contributed by atoms with Crippen LogP contribution in [0.15, 0.2) is 34.9 Å². The van der Waals surface area contributed by atoms with Gasteiger partial charge in [-0.15, -0.1) is 0 Å². The molecule has 1 amide bonds. The Morgan fingerprint density at radius 3 is 2.59 bits per heavy atom. The number of benzene rings is 1. The Morgan fingerprint density at radius 2 is 1.92 bits per heavy atom. The molecule has 5 atom stereocenters. The zero-order valence-corrected chi connectivity index (χ0v) is 23.3. The van der Waals surface area contributed by atoms with Crippen molar-refractivity contribution in [3.8, 4) is 6.07 Å². The van der Waals surface area contributed by atoms with Crippen molar-refractivity contribution in [2.24, 2.45) is 23.2 Å². The Labute approximate surface area is 227 Å². The summed E-state index contributed by atoms with van der Waals surface area (Å²) >= 11 is 3.57. The molecule has 3 N–H and O–H groups in total. The largest absolute Gasteiger partial charge is 0.444 e. The fraction of sp³-hybridized carbons (Fsp3) is 0.571. The first kappa shape index (κ1) is 25.8. The third-order valence-corrected chi connectivity index (χ3v) is 8.79. The molecule has 4 aliphatic rings. The van der Waals surface area contributed by atoms with Crippen LogP contribution in [-0.4, -0.2) is 34.2 Å². The number of aromatic nitrogens is 2. The molecule has 0 radical (unpaired) electrons. The second kappa shape index (κ2) is 10.1. The van der Waals surface area contributed by atoms with E-state index in [1.807, 2.05) is 45.0 Å². The molecule has 4 saturated carbocycles. The van der Waals surface area contributed by atoms with E-state index in [9.17, 15) is 10.1 Å². The Kier molecular flexibility index (Phi) is 7.06. The molecule has 2 aromatic rings. The first-order valence-corrected chi connectivity index (χ1v) is 13.9. The van der Waals surface area contributed by atoms with Gasteiger partial charge in [0.2, 0.25) is 5.95 Å². The minimum absolute atomic E-state index is 0.156. The number of nitrogens with one attached hydrogen (secondary N) is 3. The number of nitriles is 1. The van der Waals surface area contributed by atoms with Crippen molar-refractivity contribution < 1.29 is 9.53 Å². The van der Waals surface area contributed by atoms with Crippen molar-refractivity contribution in [2.75, 3.05) is 17.2 Å². The van der Waals surface area contributed by atoms with Crippen LogP contribution in [0.25, 0.3) is 0 Å². The Bertz CT molecular complexity index is 1190. The maximum atomic E-state index is 12.5. The molecule has 8 nitrogen and oxygen atoms in total. The lowest BCUT2D eigenvalue weighted by molar-refractivity contribution is -0.0703. The summed E-state index contributed by atoms with van der Waals surface area (Å²) in [5.41, 5.74) is 1.21. The zero-order valence-electron chi connectivity index (χ0n) is 21.7. The van der Waals surface area contributed by atoms with Crippen molar-refractivity contribution in [2.45, 2.75) is 71.1 Å². The molecule has 1 aromatic carbocycles. The van der Waals surface area contributed by atoms with Gasteiger partial charge in [-0.05, 0) is 87.7 Å². The van der Waals surface area contributed by atoms with E-state index in [0.29, 0.717) is 41.6 Å². The second-order valence-electron chi connectivity index (χ2n) is 12.0. The van der Waals surface area contributed by atoms with Gasteiger partial charge in [0.1, 0.15) is 23.1 Å². The average Bonchev–Trinajstić information content (AvgIpc) is 2.83. The van der Waals surface area contributed by atoms with Crippen LogP contribution in [0.1, 0.15) is 64.0 Å². The summed E-state index contributed by atoms with van der Waals surface area (Å²) < 4.78 is 6.57. The van der Waals surface area contributed by atoms with Gasteiger partial charge < -0.3 is 20.7 Å². The van der Waals surface area contributed by atoms with Crippen LogP contribution in [0.4, 0.5) is 16.6 Å². The minimum atomic E-state index is -0.498. The fourth-order valence-electron chi connectivity index (χ4n) is 6.86. The normalized spacial score (nSPS) is 27.9. The van der Waals surface area contributed by atoms with Crippen LogP contribution < -0.4 is 16.0 Å². The minimum Gasteiger partial charge on any atom is -0.444 e. The molecule has 0 saturated heterocycles. The Balaban J connectivity index is 1.24. The molecule has 9 heteroatoms. The summed E-state index contributed by atoms with van der Waals surface area (Å²) in [4.78, 5) is 21.5. The van der Waals surface area contributed by atoms with Crippen LogP contribution in [-0.2, 0) is 11.3 Å². The van der Waals surface area contributed by atoms with Gasteiger partial charge in [-0.1, -0.05) is 34.1 Å². The molecule has 4 fully saturated rings. The molecule has 37 heavy (non-hydrogen) atoms. The van der Waals surface area contributed by atoms with E-state index < -0.39 is 5.60 Å². The third kappa shape index (κ3) is 5.85. The van der Waals surface area contributed by atoms with E-state index in [1.165, 1.54) is 19.3 Å². The number of hydrogen-bond acceptors (Lipinski definition) is 7. The summed E-state index contributed by atoms with van der Waals surface area (Å²) in [5, 5.41) is 19.7. The summed E-state index contributed by atoms with van der Waals surface area (Å²) in [5.74, 6) is 2.68. The fourth-order valence-corrected chi connectivity index (χ4v) is 7.28. The lowest BCUT2D eigenvalue weighted by atomic mass is 9.48. The van der Waals surface area contributed by atoms with Gasteiger partial charge in [0.05, 0.1) is 6.20 Å². The molecule has 3 unspecified atom stereocenters. The van der Waals surface area contributed by atoms with Crippen molar-refractivity contribution in [3.05, 3.63) is 46.1 Å². The predicted molar refractivity (Wildman–Crippen MR) is 146 cm³/mol. The van der Waals surface area contributed by atoms with Gasteiger partial charge in [-0.3, -0.25) is 0 Å². The predicted octanol–water partition coefficient (Wildman–Crippen LogP) is 5.85. The number of carbonyl (C=O) groups is 1. The summed E-state index contributed by atoms with van der Waals surface area (Å²) in [6, 6.07) is 10.4. The van der Waals surface area contributed by atoms with E-state index in [1.54, 1.807) is 6.20 Å². The SMILES string of the molecule is CC(C)(C)OC(=O)NC1[C@@H]2CC3C[C@H]1CC(CNc1nc(NCc4ccccc4Br)ncc1C#N)(C3)C2. The Morgan fingerprint density at radius 1 is 1.19 bits per heavy atom. The highest BCUT2D eigenvalue weighted by Gasteiger charge is 2.55. The lowest BCUT2D eigenvalue weighted by Gasteiger charge is -2.60. The number of hydrogen-bond donors (Lipinski definition) is 3. The molecule has 196 valence electrons. The van der Waals surface area contributed by atoms with E-state index >= 15 is 0 Å². The van der Waals surface area contributed by atoms with Gasteiger partial charge in [0, 0.05) is 23.6 Å². The Hall–Kier alpha value is -2.86. The molecule has 1 heterocycles. The highest BCUT2D eigenvalue weighted by Crippen LogP contribution is 2.60. The summed E-state index contributed by atoms with van der Waals surface area (Å²) in [7, 11) is 0. The van der Waals surface area contributed by atoms with Crippen LogP contribution in [0.3, 0.4) is 0 Å². The number of halogens is 1. The third-order valence-electron chi connectivity index (χ3n) is 8.02. The standard InChI is InChI=1S/C28H35BrN6O2/c1-27(2,3)37-26(36)34-23-19-8-17-9-20(23)12-28(10-17,11-19)16-33-24-21(13-30)15-32-25(35-24)31-14-18-6-4-5-7-22(18)29/h4-7,15,17,19-20,23H,8-12,14,16H2,1-3H3,(H,34,36)(H2,31,32,33,35)/t17?,19-,20+,23?,28?. The molecular formula is C28H35BrN6O2. The summed E-state index contributed by atoms with van der Waals surface area (Å²) in [6.45, 7) is 7.04. The zero-order chi connectivity index (χ0) is 26.2. The average molecular weight is 568 g/mol. The highest BCUT2D eigenvalue weighted by molar-refractivity contribution is 9.10. The van der Waals surface area contributed by atoms with Crippen molar-refractivity contribution in [1.29, 1.82) is 5.26 Å². The molecule has 4 bridgehead atoms. The van der Waals surface area contributed by atoms with E-state index in [-0.39, 0.29) is 17.6 Å². The monoisotopic (exact) mass is 566 g/mol. The molecule has 0 aliphatic heterocycles. The van der Waals surface area contributed by atoms with Gasteiger partial charge in [0.25, 0.3) is 0 Å². The van der Waals surface area contributed by atoms with Gasteiger partial charge in [-0.25, -0.2) is 9.78 Å². The van der Waals surface area contributed by atoms with Crippen LogP contribution >= 0.6 is 15.9 Å². The lowest BCUT2D eigenvalue weighted by Crippen LogP contribution is -2.60. The van der Waals surface area contributed by atoms with E-state index in [4.69, 9.17) is 4.74 Å². The van der Waals surface area contributed by atoms with Crippen molar-refractivity contribution >= 4 is 33.8 Å². The van der Waals surface area contributed by atoms with E-state index in [0.717, 1.165) is 29.4 Å². The number of nitrogens with zero attached hydrogens (tertiary/aromatic N) is 3. The van der Waals surface area contributed by atoms with Crippen molar-refractivity contribution in [1.82, 2.24) is 15.3 Å². The van der Waals surface area contributed by atoms with Crippen molar-refractivity contribution in [3.63, 3.8) is 0 Å². The molecule has 0 spiro atoms. The quantitative estimate of drug-likeness (QED) is 0.385. The molecule has 4 aliphatic carbocycles. The highest BCUT2D eigenvalue weighted by atomic mass is 79.9. The maximum Gasteiger partial charge on any atom is 0.407 e. The number of ether oxygens (including phenoxy) is 1. The van der Waals surface area contributed by atoms with Gasteiger partial charge in [0.15, 0.2) is 0 Å². The second-order valence-corrected chi connectivity index (χ2v) is 12.9. The number of amides is 1. The maximum absolute atomic E-state index is 12.5. The van der Waals surface area contributed by atoms with Crippen LogP contribution in [0, 0.1) is 34.5 Å². The van der Waals surface area contributed by atoms with Gasteiger partial charge >= 0.3 is 6.09 Å². The van der Waals surface area contributed by atoms with Gasteiger partial charge in [-0.2, -0.15) is 10.2 Å². The van der Waals surface area contributed by atoms with Crippen LogP contribution in [0.5, 0.6) is 0 Å². The smallest absolute Gasteiger partial charge is 0.407 e. The summed E-state index contributed by atoms with van der Waals surface area (Å²) in [6.07, 6.45) is 6.92. The number of rotatable bonds is 7. The van der Waals surface area contributed by atoms with E-state index in [2.05, 4.69) is 47.9 Å². The van der Waals surface area contributed by atoms with Crippen LogP contribution in [0.2, 0.25) is 0 Å². The molecule has 6 rings (SSSR count). The number of alkyl carbamates (subject to hydrolysis) is 1. The molecule has 1 aromatic heterocycles.